The summed E-state index contributed by atoms with van der Waals surface area (Å²) in [7, 11) is 0. The lowest BCUT2D eigenvalue weighted by Gasteiger charge is -2.13. The van der Waals surface area contributed by atoms with Crippen molar-refractivity contribution in [2.75, 3.05) is 0 Å². The molecule has 1 aromatic rings. The van der Waals surface area contributed by atoms with Crippen LogP contribution in [0, 0.1) is 5.41 Å². The van der Waals surface area contributed by atoms with Crippen molar-refractivity contribution >= 4 is 29.1 Å². The van der Waals surface area contributed by atoms with Crippen LogP contribution in [0.2, 0.25) is 0 Å². The highest BCUT2D eigenvalue weighted by molar-refractivity contribution is 6.53. The lowest BCUT2D eigenvalue weighted by atomic mass is 10.1. The second kappa shape index (κ2) is 4.97. The van der Waals surface area contributed by atoms with Gasteiger partial charge in [0.25, 0.3) is 0 Å². The van der Waals surface area contributed by atoms with Crippen LogP contribution in [0.25, 0.3) is 0 Å². The number of nitrogens with one attached hydrogen (secondary N) is 1. The molecule has 2 atom stereocenters. The number of benzene rings is 1. The third-order valence-corrected chi connectivity index (χ3v) is 4.78. The van der Waals surface area contributed by atoms with E-state index in [0.29, 0.717) is 13.0 Å². The van der Waals surface area contributed by atoms with Crippen LogP contribution in [0.15, 0.2) is 24.3 Å². The van der Waals surface area contributed by atoms with Crippen molar-refractivity contribution in [1.29, 1.82) is 0 Å². The summed E-state index contributed by atoms with van der Waals surface area (Å²) in [6.45, 7) is 3.91. The SMILES string of the molecule is CC(O)c1ccc(CNC(=O)C2(C)CC2(Cl)Cl)cc1. The molecule has 2 rings (SSSR count). The Morgan fingerprint density at radius 2 is 1.95 bits per heavy atom. The van der Waals surface area contributed by atoms with E-state index in [1.807, 2.05) is 24.3 Å². The van der Waals surface area contributed by atoms with Gasteiger partial charge in [0.05, 0.1) is 11.5 Å². The molecular weight excluding hydrogens is 285 g/mol. The standard InChI is InChI=1S/C14H17Cl2NO2/c1-9(18)11-5-3-10(4-6-11)7-17-12(19)13(2)8-14(13,15)16/h3-6,9,18H,7-8H2,1-2H3,(H,17,19). The van der Waals surface area contributed by atoms with Gasteiger partial charge in [-0.25, -0.2) is 0 Å². The highest BCUT2D eigenvalue weighted by Crippen LogP contribution is 2.63. The van der Waals surface area contributed by atoms with Crippen molar-refractivity contribution in [3.8, 4) is 0 Å². The molecule has 0 aliphatic heterocycles. The maximum Gasteiger partial charge on any atom is 0.229 e. The molecule has 0 aromatic heterocycles. The first-order valence-corrected chi connectivity index (χ1v) is 6.95. The van der Waals surface area contributed by atoms with E-state index in [4.69, 9.17) is 23.2 Å². The number of carbonyl (C=O) groups excluding carboxylic acids is 1. The van der Waals surface area contributed by atoms with E-state index in [0.717, 1.165) is 11.1 Å². The summed E-state index contributed by atoms with van der Waals surface area (Å²) >= 11 is 11.9. The fourth-order valence-electron chi connectivity index (χ4n) is 1.94. The first-order chi connectivity index (χ1) is 8.76. The third-order valence-electron chi connectivity index (χ3n) is 3.67. The van der Waals surface area contributed by atoms with Crippen molar-refractivity contribution in [2.24, 2.45) is 5.41 Å². The van der Waals surface area contributed by atoms with E-state index in [2.05, 4.69) is 5.32 Å². The zero-order valence-corrected chi connectivity index (χ0v) is 12.4. The number of amides is 1. The number of aliphatic hydroxyl groups is 1. The largest absolute Gasteiger partial charge is 0.389 e. The van der Waals surface area contributed by atoms with E-state index >= 15 is 0 Å². The lowest BCUT2D eigenvalue weighted by molar-refractivity contribution is -0.125. The molecule has 2 N–H and O–H groups in total. The van der Waals surface area contributed by atoms with Gasteiger partial charge in [-0.1, -0.05) is 24.3 Å². The Kier molecular flexibility index (Phi) is 3.83. The molecule has 0 radical (unpaired) electrons. The number of carbonyl (C=O) groups is 1. The molecule has 5 heteroatoms. The van der Waals surface area contributed by atoms with Gasteiger partial charge in [0, 0.05) is 6.54 Å². The van der Waals surface area contributed by atoms with Crippen molar-refractivity contribution in [3.05, 3.63) is 35.4 Å². The van der Waals surface area contributed by atoms with Gasteiger partial charge in [0.1, 0.15) is 4.33 Å². The zero-order chi connectivity index (χ0) is 14.3. The molecule has 0 saturated heterocycles. The average molecular weight is 302 g/mol. The number of hydrogen-bond acceptors (Lipinski definition) is 2. The van der Waals surface area contributed by atoms with E-state index in [1.165, 1.54) is 0 Å². The maximum absolute atomic E-state index is 12.0. The van der Waals surface area contributed by atoms with Crippen LogP contribution in [0.5, 0.6) is 0 Å². The maximum atomic E-state index is 12.0. The topological polar surface area (TPSA) is 49.3 Å². The summed E-state index contributed by atoms with van der Waals surface area (Å²) in [5, 5.41) is 12.2. The minimum absolute atomic E-state index is 0.128. The van der Waals surface area contributed by atoms with Crippen LogP contribution in [0.3, 0.4) is 0 Å². The minimum atomic E-state index is -0.937. The summed E-state index contributed by atoms with van der Waals surface area (Å²) in [5.41, 5.74) is 1.14. The van der Waals surface area contributed by atoms with E-state index in [9.17, 15) is 9.90 Å². The summed E-state index contributed by atoms with van der Waals surface area (Å²) in [5.74, 6) is -0.128. The van der Waals surface area contributed by atoms with Crippen LogP contribution in [-0.4, -0.2) is 15.3 Å². The molecule has 1 amide bonds. The number of hydrogen-bond donors (Lipinski definition) is 2. The molecule has 0 spiro atoms. The van der Waals surface area contributed by atoms with Crippen molar-refractivity contribution in [1.82, 2.24) is 5.32 Å². The van der Waals surface area contributed by atoms with Gasteiger partial charge in [0.15, 0.2) is 0 Å². The Morgan fingerprint density at radius 1 is 1.42 bits per heavy atom. The molecule has 1 saturated carbocycles. The van der Waals surface area contributed by atoms with E-state index < -0.39 is 15.9 Å². The molecular formula is C14H17Cl2NO2. The normalized spacial score (nSPS) is 25.7. The Labute approximate surface area is 122 Å². The highest BCUT2D eigenvalue weighted by Gasteiger charge is 2.67. The van der Waals surface area contributed by atoms with Crippen molar-refractivity contribution < 1.29 is 9.90 Å². The quantitative estimate of drug-likeness (QED) is 0.840. The summed E-state index contributed by atoms with van der Waals surface area (Å²) < 4.78 is -0.937. The van der Waals surface area contributed by atoms with E-state index in [-0.39, 0.29) is 5.91 Å². The second-order valence-electron chi connectivity index (χ2n) is 5.31. The Morgan fingerprint density at radius 3 is 2.37 bits per heavy atom. The van der Waals surface area contributed by atoms with Crippen LogP contribution in [-0.2, 0) is 11.3 Å². The molecule has 19 heavy (non-hydrogen) atoms. The number of rotatable bonds is 4. The van der Waals surface area contributed by atoms with Crippen LogP contribution >= 0.6 is 23.2 Å². The van der Waals surface area contributed by atoms with Gasteiger partial charge in [0.2, 0.25) is 5.91 Å². The average Bonchev–Trinajstić information content (AvgIpc) is 2.87. The molecule has 0 bridgehead atoms. The Hall–Kier alpha value is -0.770. The monoisotopic (exact) mass is 301 g/mol. The Bertz CT molecular complexity index is 485. The third kappa shape index (κ3) is 2.88. The molecule has 3 nitrogen and oxygen atoms in total. The highest BCUT2D eigenvalue weighted by atomic mass is 35.5. The summed E-state index contributed by atoms with van der Waals surface area (Å²) in [4.78, 5) is 12.0. The Balaban J connectivity index is 1.91. The van der Waals surface area contributed by atoms with Crippen molar-refractivity contribution in [2.45, 2.75) is 37.3 Å². The number of alkyl halides is 2. The first kappa shape index (κ1) is 14.6. The molecule has 104 valence electrons. The predicted octanol–water partition coefficient (Wildman–Crippen LogP) is 2.94. The molecule has 1 aromatic carbocycles. The number of aliphatic hydroxyl groups excluding tert-OH is 1. The first-order valence-electron chi connectivity index (χ1n) is 6.19. The fraction of sp³-hybridized carbons (Fsp3) is 0.500. The van der Waals surface area contributed by atoms with Gasteiger partial charge < -0.3 is 10.4 Å². The van der Waals surface area contributed by atoms with Crippen LogP contribution in [0.1, 0.15) is 37.5 Å². The molecule has 0 heterocycles. The van der Waals surface area contributed by atoms with Gasteiger partial charge in [-0.3, -0.25) is 4.79 Å². The van der Waals surface area contributed by atoms with Crippen LogP contribution in [0.4, 0.5) is 0 Å². The van der Waals surface area contributed by atoms with Gasteiger partial charge in [-0.2, -0.15) is 0 Å². The molecule has 1 aliphatic carbocycles. The van der Waals surface area contributed by atoms with Crippen LogP contribution < -0.4 is 5.32 Å². The smallest absolute Gasteiger partial charge is 0.229 e. The molecule has 2 unspecified atom stereocenters. The van der Waals surface area contributed by atoms with Gasteiger partial charge in [-0.15, -0.1) is 23.2 Å². The molecule has 1 fully saturated rings. The molecule has 1 aliphatic rings. The van der Waals surface area contributed by atoms with Gasteiger partial charge >= 0.3 is 0 Å². The fourth-order valence-corrected chi connectivity index (χ4v) is 2.64. The van der Waals surface area contributed by atoms with E-state index in [1.54, 1.807) is 13.8 Å². The lowest BCUT2D eigenvalue weighted by Crippen LogP contribution is -2.32. The zero-order valence-electron chi connectivity index (χ0n) is 10.9. The number of halogens is 2. The second-order valence-corrected chi connectivity index (χ2v) is 6.80. The van der Waals surface area contributed by atoms with Gasteiger partial charge in [-0.05, 0) is 31.4 Å². The summed E-state index contributed by atoms with van der Waals surface area (Å²) in [6, 6.07) is 7.45. The summed E-state index contributed by atoms with van der Waals surface area (Å²) in [6.07, 6.45) is -0.00209. The minimum Gasteiger partial charge on any atom is -0.389 e. The predicted molar refractivity (Wildman–Crippen MR) is 76.1 cm³/mol. The van der Waals surface area contributed by atoms with Crippen molar-refractivity contribution in [3.63, 3.8) is 0 Å².